The maximum absolute atomic E-state index is 16.4. The van der Waals surface area contributed by atoms with Crippen LogP contribution in [0.3, 0.4) is 0 Å². The van der Waals surface area contributed by atoms with Crippen molar-refractivity contribution in [1.82, 2.24) is 0 Å². The van der Waals surface area contributed by atoms with E-state index in [1.807, 2.05) is 19.9 Å². The molecule has 7 aromatic rings. The highest BCUT2D eigenvalue weighted by molar-refractivity contribution is 5.91. The van der Waals surface area contributed by atoms with Gasteiger partial charge in [0.2, 0.25) is 0 Å². The van der Waals surface area contributed by atoms with Crippen molar-refractivity contribution >= 4 is 35.1 Å². The summed E-state index contributed by atoms with van der Waals surface area (Å²) in [6.07, 6.45) is 22.3. The predicted octanol–water partition coefficient (Wildman–Crippen LogP) is 15.1. The first-order valence-electron chi connectivity index (χ1n) is 36.9. The fourth-order valence-electron chi connectivity index (χ4n) is 22.5. The first kappa shape index (κ1) is 63.2. The van der Waals surface area contributed by atoms with Gasteiger partial charge in [-0.3, -0.25) is 4.79 Å². The van der Waals surface area contributed by atoms with Crippen LogP contribution in [0.1, 0.15) is 215 Å². The largest absolute Gasteiger partial charge is 0.483 e. The van der Waals surface area contributed by atoms with Crippen LogP contribution in [-0.4, -0.2) is 70.7 Å². The molecule has 99 heavy (non-hydrogen) atoms. The molecule has 0 saturated heterocycles. The fourth-order valence-corrected chi connectivity index (χ4v) is 22.5. The molecule has 20 bridgehead atoms. The number of ether oxygens (including phenoxy) is 4. The Bertz CT molecular complexity index is 4630. The van der Waals surface area contributed by atoms with Crippen molar-refractivity contribution < 1.29 is 53.4 Å². The molecule has 12 heteroatoms. The lowest BCUT2D eigenvalue weighted by Crippen LogP contribution is -2.59. The molecule has 0 amide bonds. The van der Waals surface area contributed by atoms with Gasteiger partial charge in [-0.1, -0.05) is 146 Å². The second-order valence-corrected chi connectivity index (χ2v) is 31.5. The first-order valence-corrected chi connectivity index (χ1v) is 36.9. The fraction of sp³-hybridized carbons (Fsp3) is 0.437. The quantitative estimate of drug-likeness (QED) is 0.0372. The zero-order valence-electron chi connectivity index (χ0n) is 56.6. The lowest BCUT2D eigenvalue weighted by molar-refractivity contribution is -0.202. The maximum atomic E-state index is 16.4. The molecule has 17 atom stereocenters. The molecule has 18 aliphatic rings. The number of aliphatic hydroxyl groups excluding tert-OH is 4. The van der Waals surface area contributed by atoms with Crippen molar-refractivity contribution in [2.45, 2.75) is 169 Å². The summed E-state index contributed by atoms with van der Waals surface area (Å²) in [6, 6.07) is 43.3. The molecule has 6 aromatic carbocycles. The number of carbonyl (C=O) groups is 2. The van der Waals surface area contributed by atoms with Crippen LogP contribution in [0, 0.1) is 41.4 Å². The van der Waals surface area contributed by atoms with Gasteiger partial charge in [-0.15, -0.1) is 0 Å². The van der Waals surface area contributed by atoms with Gasteiger partial charge in [-0.2, -0.15) is 0 Å². The zero-order valence-corrected chi connectivity index (χ0v) is 56.6. The van der Waals surface area contributed by atoms with E-state index in [9.17, 15) is 20.4 Å². The number of esters is 2. The van der Waals surface area contributed by atoms with Crippen LogP contribution in [0.4, 0.5) is 0 Å². The molecule has 508 valence electrons. The summed E-state index contributed by atoms with van der Waals surface area (Å²) in [7, 11) is 0. The predicted molar refractivity (Wildman–Crippen MR) is 378 cm³/mol. The van der Waals surface area contributed by atoms with E-state index in [-0.39, 0.29) is 119 Å². The number of benzene rings is 6. The van der Waals surface area contributed by atoms with Gasteiger partial charge >= 0.3 is 17.6 Å². The molecule has 1 aromatic heterocycles. The number of carbonyl (C=O) groups excluding carboxylic acids is 2. The number of hydrogen-bond acceptors (Lipinski definition) is 12. The van der Waals surface area contributed by atoms with Crippen LogP contribution in [-0.2, 0) is 55.1 Å². The van der Waals surface area contributed by atoms with E-state index in [1.165, 1.54) is 79.6 Å². The Morgan fingerprint density at radius 1 is 0.707 bits per heavy atom. The van der Waals surface area contributed by atoms with Crippen molar-refractivity contribution in [2.75, 3.05) is 26.6 Å². The number of rotatable bonds is 8. The summed E-state index contributed by atoms with van der Waals surface area (Å²) in [5.74, 6) is -1.58. The van der Waals surface area contributed by atoms with Crippen molar-refractivity contribution in [3.63, 3.8) is 0 Å². The molecule has 1 spiro atoms. The van der Waals surface area contributed by atoms with Crippen LogP contribution >= 0.6 is 0 Å². The third-order valence-electron chi connectivity index (χ3n) is 26.8. The Labute approximate surface area is 578 Å². The third kappa shape index (κ3) is 10.0. The van der Waals surface area contributed by atoms with Crippen LogP contribution in [0.25, 0.3) is 23.1 Å². The molecule has 0 radical (unpaired) electrons. The monoisotopic (exact) mass is 1320 g/mol. The molecule has 4 heterocycles. The average Bonchev–Trinajstić information content (AvgIpc) is 1.37. The number of hydrogen-bond donors (Lipinski definition) is 4. The van der Waals surface area contributed by atoms with E-state index in [4.69, 9.17) is 23.4 Å². The Morgan fingerprint density at radius 2 is 1.55 bits per heavy atom. The highest BCUT2D eigenvalue weighted by atomic mass is 16.6. The second kappa shape index (κ2) is 24.7. The molecular formula is C87H88O12. The van der Waals surface area contributed by atoms with E-state index in [2.05, 4.69) is 140 Å². The van der Waals surface area contributed by atoms with E-state index in [1.54, 1.807) is 6.07 Å². The van der Waals surface area contributed by atoms with Gasteiger partial charge in [0, 0.05) is 58.6 Å². The minimum absolute atomic E-state index is 0.00447. The minimum Gasteiger partial charge on any atom is -0.483 e. The number of aliphatic hydroxyl groups is 4. The molecule has 17 unspecified atom stereocenters. The van der Waals surface area contributed by atoms with Gasteiger partial charge in [0.25, 0.3) is 0 Å². The van der Waals surface area contributed by atoms with Gasteiger partial charge < -0.3 is 43.8 Å². The number of allylic oxidation sites excluding steroid dienone is 4. The minimum atomic E-state index is -1.43. The Kier molecular flexibility index (Phi) is 15.8. The summed E-state index contributed by atoms with van der Waals surface area (Å²) in [6.45, 7) is 1.77. The molecular weight excluding hydrogens is 1240 g/mol. The first-order chi connectivity index (χ1) is 48.3. The Hall–Kier alpha value is -7.97. The molecule has 25 rings (SSSR count). The smallest absolute Gasteiger partial charge is 0.340 e. The summed E-state index contributed by atoms with van der Waals surface area (Å²) < 4.78 is 34.6. The summed E-state index contributed by atoms with van der Waals surface area (Å²) in [5.41, 5.74) is 15.9. The highest BCUT2D eigenvalue weighted by Crippen LogP contribution is 2.65. The van der Waals surface area contributed by atoms with E-state index < -0.39 is 61.3 Å². The summed E-state index contributed by atoms with van der Waals surface area (Å²) in [5, 5.41) is 43.4. The molecule has 15 aliphatic carbocycles. The van der Waals surface area contributed by atoms with Gasteiger partial charge in [-0.05, 0) is 240 Å². The number of fused-ring (bicyclic) bond motifs is 7. The standard InChI is InChI=1S/C87H88O12/c1-47(43-89)68-41-70-56-34-49-15-13-48(14-16-49)33-50-17-18-52-19-23-59-8-5-9-60-24-28-66-63(11-6-12-74(66)87(59,60)75(52)35-50)53-21-25-61-54-22-27-64(70)69(38-54)57(37-56)39-72-65-26-20-51-7-3-4-10-62(51)71(65)42-76(72)86(2)83(98-84(68)93)82(96-78(92)40-58(61)36-53)80-77(99-86)30-29-67-73(44-90)79(85(94)97-81(67)80)55(31-32-88)45-95-46-91/h3-4,6-7,10-23,25-27,29-30,35,38,53,55-61,65,70-72,76,82-83,88-91H,5,8-9,24,28,31-34,36-37,39-46H2,1-2H3. The Balaban J connectivity index is 0.888. The van der Waals surface area contributed by atoms with E-state index in [0.717, 1.165) is 50.5 Å². The van der Waals surface area contributed by atoms with Crippen molar-refractivity contribution in [2.24, 2.45) is 41.4 Å². The Morgan fingerprint density at radius 3 is 2.39 bits per heavy atom. The highest BCUT2D eigenvalue weighted by Gasteiger charge is 2.63. The summed E-state index contributed by atoms with van der Waals surface area (Å²) in [4.78, 5) is 47.8. The lowest BCUT2D eigenvalue weighted by atomic mass is 9.48. The molecule has 3 aliphatic heterocycles. The SMILES string of the molecule is CC(CO)=C1CC2c3ccc4cc3C3CC2Cc2ccc(cc2)Cc2ccc5c(c2)C26c7cccc(c7CCC2CCCC6C=C5)C2C=CC4C(CC(=O)OC4c5c(ccc6c(CO)c(C(CCO)COCO)c(=O)oc56)OC(C)(C5CC6c7ccccc7C=CC6C5C3)C4OC1=O)C2. The van der Waals surface area contributed by atoms with Crippen molar-refractivity contribution in [1.29, 1.82) is 0 Å². The third-order valence-corrected chi connectivity index (χ3v) is 26.8. The van der Waals surface area contributed by atoms with Gasteiger partial charge in [0.1, 0.15) is 18.1 Å². The second-order valence-electron chi connectivity index (χ2n) is 31.5. The molecule has 2 fully saturated rings. The van der Waals surface area contributed by atoms with Gasteiger partial charge in [-0.25, -0.2) is 9.59 Å². The van der Waals surface area contributed by atoms with Crippen LogP contribution in [0.5, 0.6) is 5.75 Å². The van der Waals surface area contributed by atoms with E-state index in [0.29, 0.717) is 47.0 Å². The molecule has 2 saturated carbocycles. The van der Waals surface area contributed by atoms with Crippen LogP contribution < -0.4 is 10.4 Å². The average molecular weight is 1330 g/mol. The molecule has 4 N–H and O–H groups in total. The maximum Gasteiger partial charge on any atom is 0.340 e. The lowest BCUT2D eigenvalue weighted by Gasteiger charge is -2.55. The normalized spacial score (nSPS) is 32.5. The topological polar surface area (TPSA) is 182 Å². The van der Waals surface area contributed by atoms with E-state index >= 15 is 14.4 Å². The molecule has 12 nitrogen and oxygen atoms in total. The van der Waals surface area contributed by atoms with Crippen molar-refractivity contribution in [3.8, 4) is 5.75 Å². The zero-order chi connectivity index (χ0) is 67.2. The summed E-state index contributed by atoms with van der Waals surface area (Å²) >= 11 is 0. The van der Waals surface area contributed by atoms with Crippen molar-refractivity contribution in [3.05, 3.63) is 250 Å². The van der Waals surface area contributed by atoms with Crippen LogP contribution in [0.2, 0.25) is 0 Å². The van der Waals surface area contributed by atoms with Gasteiger partial charge in [0.05, 0.1) is 25.4 Å². The van der Waals surface area contributed by atoms with Crippen LogP contribution in [0.15, 0.2) is 160 Å². The van der Waals surface area contributed by atoms with Gasteiger partial charge in [0.15, 0.2) is 17.8 Å².